The van der Waals surface area contributed by atoms with Gasteiger partial charge in [0.1, 0.15) is 12.4 Å². The molecule has 0 amide bonds. The molecule has 0 fully saturated rings. The first kappa shape index (κ1) is 14.4. The highest BCUT2D eigenvalue weighted by molar-refractivity contribution is 6.32. The zero-order valence-corrected chi connectivity index (χ0v) is 11.6. The van der Waals surface area contributed by atoms with Crippen LogP contribution in [0.1, 0.15) is 19.4 Å². The summed E-state index contributed by atoms with van der Waals surface area (Å²) in [7, 11) is 0. The zero-order chi connectivity index (χ0) is 12.7. The molecule has 1 N–H and O–H groups in total. The second-order valence-corrected chi connectivity index (χ2v) is 4.60. The van der Waals surface area contributed by atoms with Gasteiger partial charge in [-0.3, -0.25) is 0 Å². The lowest BCUT2D eigenvalue weighted by Crippen LogP contribution is -2.22. The van der Waals surface area contributed by atoms with Crippen molar-refractivity contribution in [3.05, 3.63) is 40.4 Å². The second kappa shape index (κ2) is 7.59. The third-order valence-electron chi connectivity index (χ3n) is 2.16. The molecule has 0 spiro atoms. The van der Waals surface area contributed by atoms with Crippen LogP contribution in [0.2, 0.25) is 5.02 Å². The van der Waals surface area contributed by atoms with Crippen molar-refractivity contribution in [1.82, 2.24) is 5.32 Å². The number of hydrogen-bond acceptors (Lipinski definition) is 2. The van der Waals surface area contributed by atoms with E-state index in [1.807, 2.05) is 18.2 Å². The van der Waals surface area contributed by atoms with Crippen LogP contribution in [0.3, 0.4) is 0 Å². The monoisotopic (exact) mass is 273 g/mol. The summed E-state index contributed by atoms with van der Waals surface area (Å²) < 4.78 is 5.60. The molecule has 0 atom stereocenters. The zero-order valence-electron chi connectivity index (χ0n) is 10.0. The highest BCUT2D eigenvalue weighted by Crippen LogP contribution is 2.28. The molecule has 94 valence electrons. The third-order valence-corrected chi connectivity index (χ3v) is 2.64. The normalized spacial score (nSPS) is 11.4. The van der Waals surface area contributed by atoms with Gasteiger partial charge in [-0.1, -0.05) is 49.2 Å². The van der Waals surface area contributed by atoms with Gasteiger partial charge in [-0.2, -0.15) is 0 Å². The number of benzene rings is 1. The molecule has 0 saturated carbocycles. The van der Waals surface area contributed by atoms with E-state index in [4.69, 9.17) is 27.9 Å². The van der Waals surface area contributed by atoms with Crippen LogP contribution >= 0.6 is 23.2 Å². The molecule has 1 rings (SSSR count). The van der Waals surface area contributed by atoms with Crippen molar-refractivity contribution in [1.29, 1.82) is 0 Å². The minimum Gasteiger partial charge on any atom is -0.488 e. The van der Waals surface area contributed by atoms with E-state index in [2.05, 4.69) is 19.2 Å². The fourth-order valence-corrected chi connectivity index (χ4v) is 1.66. The van der Waals surface area contributed by atoms with Gasteiger partial charge in [-0.25, -0.2) is 0 Å². The first-order valence-electron chi connectivity index (χ1n) is 5.54. The number of halogens is 2. The number of rotatable bonds is 6. The van der Waals surface area contributed by atoms with Crippen LogP contribution in [-0.2, 0) is 6.54 Å². The van der Waals surface area contributed by atoms with Crippen LogP contribution in [0.15, 0.2) is 29.8 Å². The fourth-order valence-electron chi connectivity index (χ4n) is 1.34. The Kier molecular flexibility index (Phi) is 6.41. The van der Waals surface area contributed by atoms with Crippen LogP contribution in [0.25, 0.3) is 0 Å². The van der Waals surface area contributed by atoms with E-state index in [9.17, 15) is 0 Å². The van der Waals surface area contributed by atoms with Gasteiger partial charge < -0.3 is 10.1 Å². The lowest BCUT2D eigenvalue weighted by atomic mass is 10.2. The lowest BCUT2D eigenvalue weighted by molar-refractivity contribution is 0.357. The van der Waals surface area contributed by atoms with Crippen molar-refractivity contribution in [2.75, 3.05) is 6.61 Å². The molecular weight excluding hydrogens is 257 g/mol. The molecule has 0 aromatic heterocycles. The molecule has 2 nitrogen and oxygen atoms in total. The van der Waals surface area contributed by atoms with Crippen molar-refractivity contribution in [3.8, 4) is 5.75 Å². The Morgan fingerprint density at radius 3 is 2.82 bits per heavy atom. The summed E-state index contributed by atoms with van der Waals surface area (Å²) >= 11 is 11.6. The van der Waals surface area contributed by atoms with Crippen LogP contribution in [0.5, 0.6) is 5.75 Å². The second-order valence-electron chi connectivity index (χ2n) is 3.94. The van der Waals surface area contributed by atoms with Gasteiger partial charge in [0.25, 0.3) is 0 Å². The molecule has 0 unspecified atom stereocenters. The van der Waals surface area contributed by atoms with Gasteiger partial charge in [-0.05, 0) is 12.1 Å². The predicted molar refractivity (Wildman–Crippen MR) is 73.9 cm³/mol. The van der Waals surface area contributed by atoms with Gasteiger partial charge in [0.05, 0.1) is 5.02 Å². The molecule has 0 aliphatic carbocycles. The molecular formula is C13H17Cl2NO. The maximum Gasteiger partial charge on any atom is 0.142 e. The van der Waals surface area contributed by atoms with Crippen LogP contribution in [0, 0.1) is 0 Å². The summed E-state index contributed by atoms with van der Waals surface area (Å²) in [6.45, 7) is 5.35. The predicted octanol–water partition coefficient (Wildman–Crippen LogP) is 3.97. The molecule has 1 aromatic rings. The quantitative estimate of drug-likeness (QED) is 0.847. The molecule has 0 saturated heterocycles. The highest BCUT2D eigenvalue weighted by atomic mass is 35.5. The number of hydrogen-bond donors (Lipinski definition) is 1. The minimum absolute atomic E-state index is 0.419. The van der Waals surface area contributed by atoms with E-state index >= 15 is 0 Å². The Hall–Kier alpha value is -0.700. The molecule has 17 heavy (non-hydrogen) atoms. The Labute approximate surface area is 113 Å². The maximum atomic E-state index is 6.11. The average molecular weight is 274 g/mol. The first-order chi connectivity index (χ1) is 8.15. The Morgan fingerprint density at radius 1 is 1.41 bits per heavy atom. The standard InChI is InChI=1S/C13H17Cl2NO/c1-10(2)16-9-11-5-3-6-12(15)13(11)17-8-4-7-14/h3-7,10,16H,8-9H2,1-2H3/b7-4+. The Balaban J connectivity index is 2.76. The third kappa shape index (κ3) is 4.99. The van der Waals surface area contributed by atoms with E-state index in [0.29, 0.717) is 17.7 Å². The van der Waals surface area contributed by atoms with E-state index in [1.165, 1.54) is 5.54 Å². The largest absolute Gasteiger partial charge is 0.488 e. The van der Waals surface area contributed by atoms with Gasteiger partial charge >= 0.3 is 0 Å². The van der Waals surface area contributed by atoms with Crippen LogP contribution in [-0.4, -0.2) is 12.6 Å². The summed E-state index contributed by atoms with van der Waals surface area (Å²) in [6.07, 6.45) is 1.73. The summed E-state index contributed by atoms with van der Waals surface area (Å²) in [5.74, 6) is 0.720. The molecule has 4 heteroatoms. The van der Waals surface area contributed by atoms with Gasteiger partial charge in [0.2, 0.25) is 0 Å². The van der Waals surface area contributed by atoms with E-state index in [1.54, 1.807) is 6.08 Å². The summed E-state index contributed by atoms with van der Waals surface area (Å²) in [5.41, 5.74) is 2.48. The van der Waals surface area contributed by atoms with Crippen molar-refractivity contribution in [3.63, 3.8) is 0 Å². The Bertz CT molecular complexity index is 378. The van der Waals surface area contributed by atoms with Gasteiger partial charge in [0, 0.05) is 23.7 Å². The SMILES string of the molecule is CC(C)NCc1cccc(Cl)c1OC/C=C/Cl. The molecule has 1 aromatic carbocycles. The molecule has 0 aliphatic rings. The van der Waals surface area contributed by atoms with E-state index in [0.717, 1.165) is 17.9 Å². The number of nitrogens with one attached hydrogen (secondary N) is 1. The van der Waals surface area contributed by atoms with E-state index < -0.39 is 0 Å². The Morgan fingerprint density at radius 2 is 2.18 bits per heavy atom. The van der Waals surface area contributed by atoms with Crippen LogP contribution < -0.4 is 10.1 Å². The summed E-state index contributed by atoms with van der Waals surface area (Å²) in [5, 5.41) is 3.96. The van der Waals surface area contributed by atoms with Gasteiger partial charge in [-0.15, -0.1) is 0 Å². The number of para-hydroxylation sites is 1. The smallest absolute Gasteiger partial charge is 0.142 e. The first-order valence-corrected chi connectivity index (χ1v) is 6.35. The molecule has 0 bridgehead atoms. The van der Waals surface area contributed by atoms with Gasteiger partial charge in [0.15, 0.2) is 0 Å². The van der Waals surface area contributed by atoms with Crippen molar-refractivity contribution in [2.45, 2.75) is 26.4 Å². The topological polar surface area (TPSA) is 21.3 Å². The average Bonchev–Trinajstić information content (AvgIpc) is 2.29. The molecule has 0 heterocycles. The van der Waals surface area contributed by atoms with Crippen LogP contribution in [0.4, 0.5) is 0 Å². The fraction of sp³-hybridized carbons (Fsp3) is 0.385. The summed E-state index contributed by atoms with van der Waals surface area (Å²) in [4.78, 5) is 0. The molecule has 0 radical (unpaired) electrons. The lowest BCUT2D eigenvalue weighted by Gasteiger charge is -2.14. The van der Waals surface area contributed by atoms with E-state index in [-0.39, 0.29) is 0 Å². The highest BCUT2D eigenvalue weighted by Gasteiger charge is 2.08. The minimum atomic E-state index is 0.419. The van der Waals surface area contributed by atoms with Crippen molar-refractivity contribution >= 4 is 23.2 Å². The molecule has 0 aliphatic heterocycles. The van der Waals surface area contributed by atoms with Crippen molar-refractivity contribution in [2.24, 2.45) is 0 Å². The maximum absolute atomic E-state index is 6.11. The van der Waals surface area contributed by atoms with Crippen molar-refractivity contribution < 1.29 is 4.74 Å². The number of ether oxygens (including phenoxy) is 1. The summed E-state index contributed by atoms with van der Waals surface area (Å²) in [6, 6.07) is 6.16.